The molecule has 1 rings (SSSR count). The van der Waals surface area contributed by atoms with Crippen LogP contribution in [0.15, 0.2) is 11.7 Å². The topological polar surface area (TPSA) is 45.1 Å². The van der Waals surface area contributed by atoms with Crippen molar-refractivity contribution in [3.8, 4) is 0 Å². The molecule has 0 spiro atoms. The van der Waals surface area contributed by atoms with E-state index in [2.05, 4.69) is 17.2 Å². The van der Waals surface area contributed by atoms with Crippen molar-refractivity contribution in [1.82, 2.24) is 10.3 Å². The Bertz CT molecular complexity index is 213. The van der Waals surface area contributed by atoms with Crippen LogP contribution in [0.5, 0.6) is 0 Å². The molecule has 1 heterocycles. The summed E-state index contributed by atoms with van der Waals surface area (Å²) in [6.45, 7) is 3.25. The van der Waals surface area contributed by atoms with Gasteiger partial charge in [-0.25, -0.2) is 0 Å². The largest absolute Gasteiger partial charge is 0.396 e. The van der Waals surface area contributed by atoms with Crippen molar-refractivity contribution in [1.29, 1.82) is 0 Å². The summed E-state index contributed by atoms with van der Waals surface area (Å²) in [5.41, 5.74) is 1.84. The highest BCUT2D eigenvalue weighted by Crippen LogP contribution is 2.06. The van der Waals surface area contributed by atoms with Gasteiger partial charge in [-0.1, -0.05) is 6.92 Å². The molecule has 0 aromatic carbocycles. The number of thiazole rings is 1. The summed E-state index contributed by atoms with van der Waals surface area (Å²) in [5, 5.41) is 12.2. The molecule has 0 saturated heterocycles. The Morgan fingerprint density at radius 3 is 3.08 bits per heavy atom. The van der Waals surface area contributed by atoms with Crippen molar-refractivity contribution in [2.75, 3.05) is 6.61 Å². The Kier molecular flexibility index (Phi) is 4.97. The van der Waals surface area contributed by atoms with E-state index in [1.54, 1.807) is 11.3 Å². The third-order valence-electron chi connectivity index (χ3n) is 2.02. The number of hydrogen-bond acceptors (Lipinski definition) is 4. The number of hydrogen-bond donors (Lipinski definition) is 2. The maximum absolute atomic E-state index is 8.78. The van der Waals surface area contributed by atoms with Crippen LogP contribution in [0.1, 0.15) is 24.6 Å². The van der Waals surface area contributed by atoms with Crippen molar-refractivity contribution in [3.05, 3.63) is 16.6 Å². The third-order valence-corrected chi connectivity index (χ3v) is 2.80. The first-order valence-corrected chi connectivity index (χ1v) is 5.46. The van der Waals surface area contributed by atoms with Crippen molar-refractivity contribution in [3.63, 3.8) is 0 Å². The van der Waals surface area contributed by atoms with E-state index in [0.29, 0.717) is 6.04 Å². The molecular weight excluding hydrogens is 184 g/mol. The Hall–Kier alpha value is -0.450. The molecule has 0 radical (unpaired) electrons. The Labute approximate surface area is 82.8 Å². The number of nitrogens with zero attached hydrogens (tertiary/aromatic N) is 1. The van der Waals surface area contributed by atoms with Crippen LogP contribution in [0.2, 0.25) is 0 Å². The zero-order valence-electron chi connectivity index (χ0n) is 7.86. The van der Waals surface area contributed by atoms with E-state index in [4.69, 9.17) is 5.11 Å². The molecule has 0 aliphatic carbocycles. The lowest BCUT2D eigenvalue weighted by Gasteiger charge is -2.14. The molecule has 1 unspecified atom stereocenters. The van der Waals surface area contributed by atoms with Gasteiger partial charge in [-0.15, -0.1) is 11.3 Å². The minimum Gasteiger partial charge on any atom is -0.396 e. The standard InChI is InChI=1S/C9H16N2OS/c1-2-8(3-4-12)11-6-9-5-10-7-13-9/h5,7-8,11-12H,2-4,6H2,1H3. The van der Waals surface area contributed by atoms with Gasteiger partial charge in [-0.2, -0.15) is 0 Å². The average Bonchev–Trinajstić information content (AvgIpc) is 2.64. The van der Waals surface area contributed by atoms with Gasteiger partial charge in [0, 0.05) is 30.3 Å². The fourth-order valence-electron chi connectivity index (χ4n) is 1.18. The fourth-order valence-corrected chi connectivity index (χ4v) is 1.73. The van der Waals surface area contributed by atoms with Crippen molar-refractivity contribution in [2.45, 2.75) is 32.4 Å². The number of aliphatic hydroxyl groups excluding tert-OH is 1. The Balaban J connectivity index is 2.23. The SMILES string of the molecule is CCC(CCO)NCc1cncs1. The molecule has 0 aliphatic rings. The molecule has 1 aromatic rings. The van der Waals surface area contributed by atoms with E-state index in [-0.39, 0.29) is 6.61 Å². The molecule has 0 amide bonds. The summed E-state index contributed by atoms with van der Waals surface area (Å²) in [6, 6.07) is 0.423. The summed E-state index contributed by atoms with van der Waals surface area (Å²) in [7, 11) is 0. The monoisotopic (exact) mass is 200 g/mol. The van der Waals surface area contributed by atoms with Crippen molar-refractivity contribution >= 4 is 11.3 Å². The van der Waals surface area contributed by atoms with Gasteiger partial charge in [0.2, 0.25) is 0 Å². The molecular formula is C9H16N2OS. The summed E-state index contributed by atoms with van der Waals surface area (Å²) >= 11 is 1.66. The van der Waals surface area contributed by atoms with Gasteiger partial charge in [0.05, 0.1) is 5.51 Å². The smallest absolute Gasteiger partial charge is 0.0794 e. The lowest BCUT2D eigenvalue weighted by molar-refractivity contribution is 0.262. The second kappa shape index (κ2) is 6.07. The zero-order chi connectivity index (χ0) is 9.52. The normalized spacial score (nSPS) is 13.1. The highest BCUT2D eigenvalue weighted by Gasteiger charge is 2.04. The molecule has 0 aliphatic heterocycles. The second-order valence-corrected chi connectivity index (χ2v) is 3.94. The van der Waals surface area contributed by atoms with Gasteiger partial charge in [0.25, 0.3) is 0 Å². The molecule has 0 saturated carbocycles. The lowest BCUT2D eigenvalue weighted by atomic mass is 10.1. The predicted molar refractivity (Wildman–Crippen MR) is 54.7 cm³/mol. The first-order valence-electron chi connectivity index (χ1n) is 4.58. The molecule has 4 heteroatoms. The van der Waals surface area contributed by atoms with E-state index in [0.717, 1.165) is 19.4 Å². The molecule has 0 fully saturated rings. The first kappa shape index (κ1) is 10.6. The number of aromatic nitrogens is 1. The second-order valence-electron chi connectivity index (χ2n) is 2.97. The van der Waals surface area contributed by atoms with Gasteiger partial charge in [-0.05, 0) is 12.8 Å². The number of rotatable bonds is 6. The Morgan fingerprint density at radius 1 is 1.69 bits per heavy atom. The maximum atomic E-state index is 8.78. The summed E-state index contributed by atoms with van der Waals surface area (Å²) in [4.78, 5) is 5.25. The summed E-state index contributed by atoms with van der Waals surface area (Å²) < 4.78 is 0. The van der Waals surface area contributed by atoms with Crippen LogP contribution in [0.25, 0.3) is 0 Å². The third kappa shape index (κ3) is 3.85. The summed E-state index contributed by atoms with van der Waals surface area (Å²) in [5.74, 6) is 0. The molecule has 74 valence electrons. The minimum atomic E-state index is 0.258. The quantitative estimate of drug-likeness (QED) is 0.729. The van der Waals surface area contributed by atoms with E-state index >= 15 is 0 Å². The van der Waals surface area contributed by atoms with Gasteiger partial charge < -0.3 is 10.4 Å². The van der Waals surface area contributed by atoms with Gasteiger partial charge in [0.15, 0.2) is 0 Å². The Morgan fingerprint density at radius 2 is 2.54 bits per heavy atom. The van der Waals surface area contributed by atoms with E-state index in [1.807, 2.05) is 11.7 Å². The number of nitrogens with one attached hydrogen (secondary N) is 1. The maximum Gasteiger partial charge on any atom is 0.0794 e. The van der Waals surface area contributed by atoms with Crippen LogP contribution in [-0.2, 0) is 6.54 Å². The highest BCUT2D eigenvalue weighted by molar-refractivity contribution is 7.09. The average molecular weight is 200 g/mol. The molecule has 0 bridgehead atoms. The van der Waals surface area contributed by atoms with E-state index in [1.165, 1.54) is 4.88 Å². The molecule has 2 N–H and O–H groups in total. The molecule has 1 atom stereocenters. The van der Waals surface area contributed by atoms with Crippen LogP contribution in [0.4, 0.5) is 0 Å². The van der Waals surface area contributed by atoms with Crippen LogP contribution in [0, 0.1) is 0 Å². The lowest BCUT2D eigenvalue weighted by Crippen LogP contribution is -2.28. The van der Waals surface area contributed by atoms with Gasteiger partial charge in [-0.3, -0.25) is 4.98 Å². The number of aliphatic hydroxyl groups is 1. The molecule has 3 nitrogen and oxygen atoms in total. The van der Waals surface area contributed by atoms with Gasteiger partial charge >= 0.3 is 0 Å². The minimum absolute atomic E-state index is 0.258. The summed E-state index contributed by atoms with van der Waals surface area (Å²) in [6.07, 6.45) is 3.76. The predicted octanol–water partition coefficient (Wildman–Crippen LogP) is 1.39. The van der Waals surface area contributed by atoms with Crippen LogP contribution < -0.4 is 5.32 Å². The van der Waals surface area contributed by atoms with E-state index in [9.17, 15) is 0 Å². The van der Waals surface area contributed by atoms with Crippen LogP contribution >= 0.6 is 11.3 Å². The zero-order valence-corrected chi connectivity index (χ0v) is 8.68. The van der Waals surface area contributed by atoms with Crippen LogP contribution in [-0.4, -0.2) is 22.7 Å². The van der Waals surface area contributed by atoms with Crippen molar-refractivity contribution in [2.24, 2.45) is 0 Å². The fraction of sp³-hybridized carbons (Fsp3) is 0.667. The van der Waals surface area contributed by atoms with E-state index < -0.39 is 0 Å². The molecule has 13 heavy (non-hydrogen) atoms. The molecule has 1 aromatic heterocycles. The van der Waals surface area contributed by atoms with Crippen LogP contribution in [0.3, 0.4) is 0 Å². The first-order chi connectivity index (χ1) is 6.36. The van der Waals surface area contributed by atoms with Gasteiger partial charge in [0.1, 0.15) is 0 Å². The van der Waals surface area contributed by atoms with Crippen molar-refractivity contribution < 1.29 is 5.11 Å². The highest BCUT2D eigenvalue weighted by atomic mass is 32.1.